The van der Waals surface area contributed by atoms with Gasteiger partial charge in [0.2, 0.25) is 11.8 Å². The molecule has 3 N–H and O–H groups in total. The third-order valence-corrected chi connectivity index (χ3v) is 3.39. The number of ether oxygens (including phenoxy) is 1. The van der Waals surface area contributed by atoms with Gasteiger partial charge in [0.1, 0.15) is 6.04 Å². The SMILES string of the molecule is Cc1ccc(C(N)C(=O)NCc2cccnc2OCC(F)(F)F)cc1. The van der Waals surface area contributed by atoms with Crippen molar-refractivity contribution in [2.24, 2.45) is 5.73 Å². The number of hydrogen-bond donors (Lipinski definition) is 2. The highest BCUT2D eigenvalue weighted by Gasteiger charge is 2.29. The van der Waals surface area contributed by atoms with Crippen molar-refractivity contribution in [1.82, 2.24) is 10.3 Å². The first-order chi connectivity index (χ1) is 11.8. The lowest BCUT2D eigenvalue weighted by molar-refractivity contribution is -0.154. The van der Waals surface area contributed by atoms with Crippen LogP contribution in [0.15, 0.2) is 42.6 Å². The molecular formula is C17H18F3N3O2. The van der Waals surface area contributed by atoms with Crippen molar-refractivity contribution in [3.63, 3.8) is 0 Å². The summed E-state index contributed by atoms with van der Waals surface area (Å²) in [7, 11) is 0. The zero-order valence-electron chi connectivity index (χ0n) is 13.5. The van der Waals surface area contributed by atoms with Crippen LogP contribution in [0.2, 0.25) is 0 Å². The number of aryl methyl sites for hydroxylation is 1. The monoisotopic (exact) mass is 353 g/mol. The Kier molecular flexibility index (Phi) is 5.97. The van der Waals surface area contributed by atoms with Crippen LogP contribution in [0.3, 0.4) is 0 Å². The topological polar surface area (TPSA) is 77.2 Å². The summed E-state index contributed by atoms with van der Waals surface area (Å²) in [5, 5.41) is 2.58. The number of amides is 1. The van der Waals surface area contributed by atoms with Crippen molar-refractivity contribution in [3.8, 4) is 5.88 Å². The molecule has 8 heteroatoms. The molecule has 1 atom stereocenters. The highest BCUT2D eigenvalue weighted by atomic mass is 19.4. The van der Waals surface area contributed by atoms with Gasteiger partial charge in [-0.15, -0.1) is 0 Å². The maximum atomic E-state index is 12.3. The molecule has 0 bridgehead atoms. The number of nitrogens with zero attached hydrogens (tertiary/aromatic N) is 1. The highest BCUT2D eigenvalue weighted by Crippen LogP contribution is 2.20. The molecule has 25 heavy (non-hydrogen) atoms. The third kappa shape index (κ3) is 5.75. The first-order valence-electron chi connectivity index (χ1n) is 7.49. The highest BCUT2D eigenvalue weighted by molar-refractivity contribution is 5.82. The van der Waals surface area contributed by atoms with Crippen molar-refractivity contribution >= 4 is 5.91 Å². The zero-order valence-corrected chi connectivity index (χ0v) is 13.5. The van der Waals surface area contributed by atoms with Gasteiger partial charge in [-0.1, -0.05) is 35.9 Å². The van der Waals surface area contributed by atoms with E-state index >= 15 is 0 Å². The fraction of sp³-hybridized carbons (Fsp3) is 0.294. The molecule has 134 valence electrons. The van der Waals surface area contributed by atoms with E-state index < -0.39 is 24.7 Å². The molecule has 1 unspecified atom stereocenters. The second-order valence-electron chi connectivity index (χ2n) is 5.48. The van der Waals surface area contributed by atoms with Crippen molar-refractivity contribution in [2.75, 3.05) is 6.61 Å². The summed E-state index contributed by atoms with van der Waals surface area (Å²) in [6, 6.07) is 9.37. The largest absolute Gasteiger partial charge is 0.468 e. The minimum Gasteiger partial charge on any atom is -0.468 e. The molecule has 1 amide bonds. The molecule has 0 spiro atoms. The number of alkyl halides is 3. The lowest BCUT2D eigenvalue weighted by atomic mass is 10.1. The standard InChI is InChI=1S/C17H18F3N3O2/c1-11-4-6-12(7-5-11)14(21)15(24)23-9-13-3-2-8-22-16(13)25-10-17(18,19)20/h2-8,14H,9-10,21H2,1H3,(H,23,24). The van der Waals surface area contributed by atoms with Gasteiger partial charge in [0.15, 0.2) is 6.61 Å². The summed E-state index contributed by atoms with van der Waals surface area (Å²) >= 11 is 0. The van der Waals surface area contributed by atoms with Crippen molar-refractivity contribution in [3.05, 3.63) is 59.3 Å². The van der Waals surface area contributed by atoms with E-state index in [0.717, 1.165) is 5.56 Å². The second-order valence-corrected chi connectivity index (χ2v) is 5.48. The van der Waals surface area contributed by atoms with Gasteiger partial charge >= 0.3 is 6.18 Å². The number of pyridine rings is 1. The van der Waals surface area contributed by atoms with Crippen LogP contribution in [0.25, 0.3) is 0 Å². The number of nitrogens with two attached hydrogens (primary N) is 1. The summed E-state index contributed by atoms with van der Waals surface area (Å²) in [4.78, 5) is 15.9. The first-order valence-corrected chi connectivity index (χ1v) is 7.49. The van der Waals surface area contributed by atoms with Gasteiger partial charge in [-0.25, -0.2) is 4.98 Å². The molecule has 0 aliphatic rings. The fourth-order valence-corrected chi connectivity index (χ4v) is 2.06. The van der Waals surface area contributed by atoms with Crippen LogP contribution in [0, 0.1) is 6.92 Å². The average molecular weight is 353 g/mol. The van der Waals surface area contributed by atoms with Crippen molar-refractivity contribution in [1.29, 1.82) is 0 Å². The predicted molar refractivity (Wildman–Crippen MR) is 85.7 cm³/mol. The van der Waals surface area contributed by atoms with E-state index in [0.29, 0.717) is 11.1 Å². The van der Waals surface area contributed by atoms with Crippen molar-refractivity contribution in [2.45, 2.75) is 25.7 Å². The minimum absolute atomic E-state index is 0.0422. The summed E-state index contributed by atoms with van der Waals surface area (Å²) in [6.07, 6.45) is -3.15. The Hall–Kier alpha value is -2.61. The Balaban J connectivity index is 1.98. The normalized spacial score (nSPS) is 12.5. The van der Waals surface area contributed by atoms with E-state index in [-0.39, 0.29) is 12.4 Å². The second kappa shape index (κ2) is 7.98. The first kappa shape index (κ1) is 18.7. The summed E-state index contributed by atoms with van der Waals surface area (Å²) in [5.41, 5.74) is 7.91. The lowest BCUT2D eigenvalue weighted by Gasteiger charge is -2.15. The zero-order chi connectivity index (χ0) is 18.4. The van der Waals surface area contributed by atoms with Gasteiger partial charge in [0, 0.05) is 18.3 Å². The molecule has 0 saturated carbocycles. The van der Waals surface area contributed by atoms with Crippen LogP contribution in [0.4, 0.5) is 13.2 Å². The van der Waals surface area contributed by atoms with Gasteiger partial charge in [0.25, 0.3) is 0 Å². The maximum Gasteiger partial charge on any atom is 0.422 e. The summed E-state index contributed by atoms with van der Waals surface area (Å²) < 4.78 is 41.5. The van der Waals surface area contributed by atoms with E-state index in [2.05, 4.69) is 15.0 Å². The third-order valence-electron chi connectivity index (χ3n) is 3.39. The van der Waals surface area contributed by atoms with Crippen LogP contribution in [0.5, 0.6) is 5.88 Å². The van der Waals surface area contributed by atoms with Crippen LogP contribution < -0.4 is 15.8 Å². The Morgan fingerprint density at radius 2 is 1.96 bits per heavy atom. The number of carbonyl (C=O) groups excluding carboxylic acids is 1. The lowest BCUT2D eigenvalue weighted by Crippen LogP contribution is -2.33. The Morgan fingerprint density at radius 3 is 2.60 bits per heavy atom. The van der Waals surface area contributed by atoms with Gasteiger partial charge in [-0.05, 0) is 18.6 Å². The number of halogens is 3. The number of nitrogens with one attached hydrogen (secondary N) is 1. The van der Waals surface area contributed by atoms with Crippen LogP contribution in [-0.2, 0) is 11.3 Å². The van der Waals surface area contributed by atoms with Gasteiger partial charge in [0.05, 0.1) is 0 Å². The van der Waals surface area contributed by atoms with E-state index in [1.165, 1.54) is 12.3 Å². The minimum atomic E-state index is -4.47. The quantitative estimate of drug-likeness (QED) is 0.837. The fourth-order valence-electron chi connectivity index (χ4n) is 2.06. The molecule has 1 heterocycles. The Morgan fingerprint density at radius 1 is 1.28 bits per heavy atom. The number of benzene rings is 1. The predicted octanol–water partition coefficient (Wildman–Crippen LogP) is 2.65. The molecule has 2 rings (SSSR count). The smallest absolute Gasteiger partial charge is 0.422 e. The Bertz CT molecular complexity index is 718. The number of carbonyl (C=O) groups is 1. The number of rotatable bonds is 6. The van der Waals surface area contributed by atoms with Crippen LogP contribution >= 0.6 is 0 Å². The maximum absolute atomic E-state index is 12.3. The number of aromatic nitrogens is 1. The molecule has 0 saturated heterocycles. The Labute approximate surface area is 143 Å². The van der Waals surface area contributed by atoms with Gasteiger partial charge in [-0.3, -0.25) is 4.79 Å². The van der Waals surface area contributed by atoms with Crippen LogP contribution in [-0.4, -0.2) is 23.7 Å². The van der Waals surface area contributed by atoms with E-state index in [4.69, 9.17) is 5.73 Å². The van der Waals surface area contributed by atoms with Gasteiger partial charge in [-0.2, -0.15) is 13.2 Å². The van der Waals surface area contributed by atoms with E-state index in [1.807, 2.05) is 19.1 Å². The van der Waals surface area contributed by atoms with Gasteiger partial charge < -0.3 is 15.8 Å². The molecule has 1 aromatic heterocycles. The van der Waals surface area contributed by atoms with E-state index in [9.17, 15) is 18.0 Å². The average Bonchev–Trinajstić information content (AvgIpc) is 2.58. The molecular weight excluding hydrogens is 335 g/mol. The molecule has 5 nitrogen and oxygen atoms in total. The molecule has 0 aliphatic carbocycles. The van der Waals surface area contributed by atoms with E-state index in [1.54, 1.807) is 18.2 Å². The molecule has 2 aromatic rings. The summed E-state index contributed by atoms with van der Waals surface area (Å²) in [6.45, 7) is 0.424. The molecule has 0 fully saturated rings. The van der Waals surface area contributed by atoms with Crippen molar-refractivity contribution < 1.29 is 22.7 Å². The molecule has 0 radical (unpaired) electrons. The number of hydrogen-bond acceptors (Lipinski definition) is 4. The molecule has 1 aromatic carbocycles. The molecule has 0 aliphatic heterocycles. The summed E-state index contributed by atoms with van der Waals surface area (Å²) in [5.74, 6) is -0.626. The van der Waals surface area contributed by atoms with Crippen LogP contribution in [0.1, 0.15) is 22.7 Å².